The molecule has 3 aromatic rings. The first-order valence-corrected chi connectivity index (χ1v) is 7.75. The molecule has 0 saturated heterocycles. The lowest BCUT2D eigenvalue weighted by Crippen LogP contribution is -2.23. The van der Waals surface area contributed by atoms with Gasteiger partial charge in [0.1, 0.15) is 16.3 Å². The molecule has 0 unspecified atom stereocenters. The molecule has 0 saturated carbocycles. The van der Waals surface area contributed by atoms with Gasteiger partial charge in [0.25, 0.3) is 0 Å². The predicted molar refractivity (Wildman–Crippen MR) is 85.3 cm³/mol. The van der Waals surface area contributed by atoms with Crippen LogP contribution in [0.3, 0.4) is 0 Å². The molecule has 5 nitrogen and oxygen atoms in total. The van der Waals surface area contributed by atoms with Gasteiger partial charge in [-0.2, -0.15) is 4.37 Å². The number of aryl methyl sites for hydroxylation is 1. The Morgan fingerprint density at radius 3 is 3.05 bits per heavy atom. The van der Waals surface area contributed by atoms with Crippen molar-refractivity contribution in [3.05, 3.63) is 47.3 Å². The van der Waals surface area contributed by atoms with Crippen molar-refractivity contribution >= 4 is 33.3 Å². The van der Waals surface area contributed by atoms with E-state index < -0.39 is 0 Å². The average molecular weight is 311 g/mol. The number of fused-ring (bicyclic) bond motifs is 2. The highest BCUT2D eigenvalue weighted by Gasteiger charge is 2.31. The van der Waals surface area contributed by atoms with Gasteiger partial charge < -0.3 is 10.4 Å². The average Bonchev–Trinajstić information content (AvgIpc) is 2.88. The van der Waals surface area contributed by atoms with E-state index in [1.807, 2.05) is 25.1 Å². The first-order valence-electron chi connectivity index (χ1n) is 6.98. The normalized spacial score (nSPS) is 17.3. The third-order valence-corrected chi connectivity index (χ3v) is 4.85. The molecule has 1 amide bonds. The molecule has 110 valence electrons. The number of anilines is 1. The Labute approximate surface area is 130 Å². The summed E-state index contributed by atoms with van der Waals surface area (Å²) in [6.45, 7) is 1.94. The molecule has 1 aliphatic rings. The zero-order chi connectivity index (χ0) is 15.3. The number of para-hydroxylation sites is 1. The molecule has 2 N–H and O–H groups in total. The van der Waals surface area contributed by atoms with Gasteiger partial charge in [0.05, 0.1) is 5.69 Å². The Bertz CT molecular complexity index is 904. The Hall–Kier alpha value is -2.47. The number of aromatic nitrogens is 2. The number of carbonyl (C=O) groups excluding carboxylic acids is 1. The summed E-state index contributed by atoms with van der Waals surface area (Å²) < 4.78 is 4.34. The number of phenolic OH excluding ortho intramolecular Hbond substituents is 1. The highest BCUT2D eigenvalue weighted by Crippen LogP contribution is 2.41. The maximum Gasteiger partial charge on any atom is 0.226 e. The van der Waals surface area contributed by atoms with E-state index in [1.165, 1.54) is 11.5 Å². The first kappa shape index (κ1) is 13.2. The zero-order valence-electron chi connectivity index (χ0n) is 11.8. The molecule has 1 aliphatic heterocycles. The molecular formula is C16H13N3O2S. The molecule has 1 atom stereocenters. The van der Waals surface area contributed by atoms with Crippen LogP contribution in [0.4, 0.5) is 5.00 Å². The maximum atomic E-state index is 11.9. The number of benzene rings is 1. The summed E-state index contributed by atoms with van der Waals surface area (Å²) in [5.74, 6) is 0.00633. The summed E-state index contributed by atoms with van der Waals surface area (Å²) in [6.07, 6.45) is 0.346. The number of hydrogen-bond acceptors (Lipinski definition) is 5. The van der Waals surface area contributed by atoms with Gasteiger partial charge in [-0.3, -0.25) is 4.79 Å². The molecule has 0 aliphatic carbocycles. The number of aromatic hydroxyl groups is 1. The number of nitrogens with zero attached hydrogens (tertiary/aromatic N) is 2. The summed E-state index contributed by atoms with van der Waals surface area (Å²) in [5, 5.41) is 14.6. The highest BCUT2D eigenvalue weighted by atomic mass is 32.1. The molecule has 6 heteroatoms. The van der Waals surface area contributed by atoms with E-state index in [0.29, 0.717) is 11.9 Å². The van der Waals surface area contributed by atoms with E-state index in [1.54, 1.807) is 12.1 Å². The van der Waals surface area contributed by atoms with E-state index >= 15 is 0 Å². The molecule has 0 bridgehead atoms. The fraction of sp³-hybridized carbons (Fsp3) is 0.188. The predicted octanol–water partition coefficient (Wildman–Crippen LogP) is 3.18. The number of rotatable bonds is 1. The first-order chi connectivity index (χ1) is 10.6. The smallest absolute Gasteiger partial charge is 0.226 e. The second kappa shape index (κ2) is 4.78. The number of pyridine rings is 1. The lowest BCUT2D eigenvalue weighted by Gasteiger charge is -2.22. The molecule has 1 aromatic carbocycles. The number of amides is 1. The van der Waals surface area contributed by atoms with Gasteiger partial charge in [0.2, 0.25) is 5.91 Å². The van der Waals surface area contributed by atoms with Crippen molar-refractivity contribution in [1.29, 1.82) is 0 Å². The van der Waals surface area contributed by atoms with Crippen LogP contribution in [0.5, 0.6) is 5.75 Å². The van der Waals surface area contributed by atoms with Crippen molar-refractivity contribution in [1.82, 2.24) is 9.36 Å². The largest absolute Gasteiger partial charge is 0.506 e. The zero-order valence-corrected chi connectivity index (χ0v) is 12.6. The molecule has 0 spiro atoms. The van der Waals surface area contributed by atoms with Gasteiger partial charge in [-0.15, -0.1) is 0 Å². The fourth-order valence-electron chi connectivity index (χ4n) is 2.94. The van der Waals surface area contributed by atoms with Crippen LogP contribution in [0.25, 0.3) is 10.9 Å². The van der Waals surface area contributed by atoms with Crippen molar-refractivity contribution in [3.63, 3.8) is 0 Å². The van der Waals surface area contributed by atoms with Crippen LogP contribution in [0, 0.1) is 6.92 Å². The van der Waals surface area contributed by atoms with Crippen LogP contribution in [0.15, 0.2) is 30.3 Å². The van der Waals surface area contributed by atoms with Gasteiger partial charge in [-0.1, -0.05) is 18.2 Å². The highest BCUT2D eigenvalue weighted by molar-refractivity contribution is 7.10. The Kier molecular flexibility index (Phi) is 2.87. The van der Waals surface area contributed by atoms with Crippen molar-refractivity contribution in [2.24, 2.45) is 0 Å². The van der Waals surface area contributed by atoms with E-state index in [-0.39, 0.29) is 17.6 Å². The SMILES string of the molecule is Cc1nsc2c1[C@@H](c1ccc3cccc(O)c3n1)CC(=O)N2. The Balaban J connectivity index is 1.90. The molecular weight excluding hydrogens is 298 g/mol. The van der Waals surface area contributed by atoms with E-state index in [2.05, 4.69) is 14.7 Å². The number of hydrogen-bond donors (Lipinski definition) is 2. The quantitative estimate of drug-likeness (QED) is 0.724. The minimum absolute atomic E-state index is 0.0275. The molecule has 3 heterocycles. The molecule has 0 fully saturated rings. The van der Waals surface area contributed by atoms with Gasteiger partial charge in [0, 0.05) is 29.0 Å². The van der Waals surface area contributed by atoms with Crippen molar-refractivity contribution in [3.8, 4) is 5.75 Å². The third kappa shape index (κ3) is 1.95. The van der Waals surface area contributed by atoms with Gasteiger partial charge in [-0.05, 0) is 30.6 Å². The van der Waals surface area contributed by atoms with Crippen LogP contribution < -0.4 is 5.32 Å². The molecule has 2 aromatic heterocycles. The summed E-state index contributed by atoms with van der Waals surface area (Å²) in [7, 11) is 0. The fourth-order valence-corrected chi connectivity index (χ4v) is 3.81. The minimum atomic E-state index is -0.119. The molecule has 0 radical (unpaired) electrons. The van der Waals surface area contributed by atoms with Crippen LogP contribution >= 0.6 is 11.5 Å². The number of carbonyl (C=O) groups is 1. The van der Waals surface area contributed by atoms with Crippen LogP contribution in [-0.4, -0.2) is 20.4 Å². The van der Waals surface area contributed by atoms with Gasteiger partial charge >= 0.3 is 0 Å². The third-order valence-electron chi connectivity index (χ3n) is 3.98. The Morgan fingerprint density at radius 1 is 1.32 bits per heavy atom. The lowest BCUT2D eigenvalue weighted by molar-refractivity contribution is -0.116. The monoisotopic (exact) mass is 311 g/mol. The van der Waals surface area contributed by atoms with Crippen molar-refractivity contribution in [2.45, 2.75) is 19.3 Å². The Morgan fingerprint density at radius 2 is 2.18 bits per heavy atom. The van der Waals surface area contributed by atoms with Gasteiger partial charge in [0.15, 0.2) is 0 Å². The topological polar surface area (TPSA) is 75.1 Å². The van der Waals surface area contributed by atoms with E-state index in [4.69, 9.17) is 0 Å². The molecule has 22 heavy (non-hydrogen) atoms. The van der Waals surface area contributed by atoms with Crippen molar-refractivity contribution in [2.75, 3.05) is 5.32 Å². The second-order valence-electron chi connectivity index (χ2n) is 5.40. The van der Waals surface area contributed by atoms with Crippen LogP contribution in [-0.2, 0) is 4.79 Å². The van der Waals surface area contributed by atoms with Crippen LogP contribution in [0.2, 0.25) is 0 Å². The van der Waals surface area contributed by atoms with Gasteiger partial charge in [-0.25, -0.2) is 4.98 Å². The lowest BCUT2D eigenvalue weighted by atomic mass is 9.89. The van der Waals surface area contributed by atoms with Crippen LogP contribution in [0.1, 0.15) is 29.3 Å². The van der Waals surface area contributed by atoms with E-state index in [0.717, 1.165) is 27.3 Å². The number of nitrogens with one attached hydrogen (secondary N) is 1. The second-order valence-corrected chi connectivity index (χ2v) is 6.17. The summed E-state index contributed by atoms with van der Waals surface area (Å²) in [6, 6.07) is 9.17. The number of phenols is 1. The standard InChI is InChI=1S/C16H13N3O2S/c1-8-14-10(7-13(21)18-16(14)22-19-8)11-6-5-9-3-2-4-12(20)15(9)17-11/h2-6,10,20H,7H2,1H3,(H,18,21)/t10-/m1/s1. The van der Waals surface area contributed by atoms with E-state index in [9.17, 15) is 9.90 Å². The van der Waals surface area contributed by atoms with Crippen molar-refractivity contribution < 1.29 is 9.90 Å². The minimum Gasteiger partial charge on any atom is -0.506 e. The maximum absolute atomic E-state index is 11.9. The summed E-state index contributed by atoms with van der Waals surface area (Å²) in [4.78, 5) is 16.5. The summed E-state index contributed by atoms with van der Waals surface area (Å²) >= 11 is 1.30. The molecule has 4 rings (SSSR count). The summed E-state index contributed by atoms with van der Waals surface area (Å²) in [5.41, 5.74) is 3.30.